The Morgan fingerprint density at radius 3 is 0.903 bits per heavy atom. The molecule has 4 rings (SSSR count). The summed E-state index contributed by atoms with van der Waals surface area (Å²) < 4.78 is -0.641. The van der Waals surface area contributed by atoms with Crippen LogP contribution in [0.15, 0.2) is 121 Å². The molecule has 0 aromatic heterocycles. The van der Waals surface area contributed by atoms with Crippen molar-refractivity contribution in [3.05, 3.63) is 121 Å². The number of alkyl halides is 2. The Kier molecular flexibility index (Phi) is 9.16. The zero-order valence-electron chi connectivity index (χ0n) is 16.7. The van der Waals surface area contributed by atoms with Gasteiger partial charge in [0.05, 0.1) is 5.88 Å². The molecule has 0 spiro atoms. The molecule has 0 saturated heterocycles. The minimum Gasteiger partial charge on any atom is -0.124 e. The monoisotopic (exact) mass is 524 g/mol. The van der Waals surface area contributed by atoms with Crippen molar-refractivity contribution in [2.45, 2.75) is 4.36 Å². The molecule has 0 fully saturated rings. The first-order valence-corrected chi connectivity index (χ1v) is 13.4. The van der Waals surface area contributed by atoms with E-state index in [1.165, 1.54) is 21.2 Å². The Bertz CT molecular complexity index is 886. The third-order valence-electron chi connectivity index (χ3n) is 4.91. The SMILES string of the molecule is ClCC(Cl)(P(c1ccccc1)c1ccccc1)P(c1ccccc1)c1ccccc1.[Ni]. The van der Waals surface area contributed by atoms with Gasteiger partial charge in [-0.05, 0) is 37.1 Å². The smallest absolute Gasteiger partial charge is 0.113 e. The minimum atomic E-state index is -0.921. The summed E-state index contributed by atoms with van der Waals surface area (Å²) in [5, 5.41) is 4.98. The van der Waals surface area contributed by atoms with Crippen LogP contribution in [-0.4, -0.2) is 10.2 Å². The second-order valence-corrected chi connectivity index (χ2v) is 13.6. The average molecular weight is 526 g/mol. The van der Waals surface area contributed by atoms with Crippen molar-refractivity contribution in [2.75, 3.05) is 5.88 Å². The van der Waals surface area contributed by atoms with Gasteiger partial charge in [0.2, 0.25) is 0 Å². The van der Waals surface area contributed by atoms with Crippen LogP contribution < -0.4 is 21.2 Å². The fourth-order valence-corrected chi connectivity index (χ4v) is 12.0. The molecule has 0 nitrogen and oxygen atoms in total. The molecule has 0 aliphatic carbocycles. The van der Waals surface area contributed by atoms with E-state index in [1.807, 2.05) is 0 Å². The van der Waals surface area contributed by atoms with Crippen molar-refractivity contribution in [1.29, 1.82) is 0 Å². The van der Waals surface area contributed by atoms with Crippen LogP contribution in [0, 0.1) is 0 Å². The predicted octanol–water partition coefficient (Wildman–Crippen LogP) is 6.38. The molecule has 31 heavy (non-hydrogen) atoms. The number of halogens is 2. The molecule has 160 valence electrons. The molecule has 0 saturated carbocycles. The summed E-state index contributed by atoms with van der Waals surface area (Å²) in [6.45, 7) is 0. The van der Waals surface area contributed by atoms with Gasteiger partial charge in [0.25, 0.3) is 0 Å². The van der Waals surface area contributed by atoms with E-state index in [2.05, 4.69) is 121 Å². The molecule has 0 atom stereocenters. The number of hydrogen-bond acceptors (Lipinski definition) is 0. The van der Waals surface area contributed by atoms with Crippen LogP contribution in [-0.2, 0) is 16.5 Å². The molecule has 0 aliphatic heterocycles. The van der Waals surface area contributed by atoms with Gasteiger partial charge in [-0.15, -0.1) is 23.2 Å². The quantitative estimate of drug-likeness (QED) is 0.149. The molecule has 5 heteroatoms. The second-order valence-electron chi connectivity index (χ2n) is 6.87. The van der Waals surface area contributed by atoms with Gasteiger partial charge in [0.15, 0.2) is 0 Å². The Labute approximate surface area is 207 Å². The average Bonchev–Trinajstić information content (AvgIpc) is 2.82. The van der Waals surface area contributed by atoms with Crippen LogP contribution in [0.2, 0.25) is 0 Å². The molecule has 0 amide bonds. The maximum absolute atomic E-state index is 7.72. The number of hydrogen-bond donors (Lipinski definition) is 0. The fraction of sp³-hybridized carbons (Fsp3) is 0.0769. The summed E-state index contributed by atoms with van der Waals surface area (Å²) in [5.41, 5.74) is 0. The molecular weight excluding hydrogens is 504 g/mol. The van der Waals surface area contributed by atoms with Gasteiger partial charge < -0.3 is 0 Å². The standard InChI is InChI=1S/C26H22Cl2P2.Ni/c27-21-26(28,29(22-13-5-1-6-14-22)23-15-7-2-8-16-23)30(24-17-9-3-10-18-24)25-19-11-4-12-20-25;/h1-20H,21H2;. The first-order valence-electron chi connectivity index (χ1n) is 9.79. The third-order valence-corrected chi connectivity index (χ3v) is 13.1. The van der Waals surface area contributed by atoms with Gasteiger partial charge in [0.1, 0.15) is 4.36 Å². The van der Waals surface area contributed by atoms with E-state index in [1.54, 1.807) is 0 Å². The Hall–Kier alpha value is -1.19. The van der Waals surface area contributed by atoms with E-state index in [0.717, 1.165) is 0 Å². The molecule has 4 aromatic carbocycles. The largest absolute Gasteiger partial charge is 0.124 e. The maximum atomic E-state index is 7.72. The van der Waals surface area contributed by atoms with E-state index in [-0.39, 0.29) is 16.5 Å². The van der Waals surface area contributed by atoms with Crippen molar-refractivity contribution in [3.63, 3.8) is 0 Å². The molecule has 0 radical (unpaired) electrons. The van der Waals surface area contributed by atoms with Gasteiger partial charge >= 0.3 is 0 Å². The maximum Gasteiger partial charge on any atom is 0.113 e. The molecule has 0 N–H and O–H groups in total. The van der Waals surface area contributed by atoms with Gasteiger partial charge in [-0.25, -0.2) is 0 Å². The van der Waals surface area contributed by atoms with Crippen LogP contribution in [0.5, 0.6) is 0 Å². The third kappa shape index (κ3) is 5.42. The molecule has 4 aromatic rings. The zero-order valence-corrected chi connectivity index (χ0v) is 21.0. The Morgan fingerprint density at radius 2 is 0.710 bits per heavy atom. The first kappa shape index (κ1) is 24.5. The molecule has 0 heterocycles. The molecular formula is C26H22Cl2NiP2. The molecule has 0 unspecified atom stereocenters. The molecule has 0 bridgehead atoms. The predicted molar refractivity (Wildman–Crippen MR) is 137 cm³/mol. The summed E-state index contributed by atoms with van der Waals surface area (Å²) in [7, 11) is -1.84. The zero-order chi connectivity index (χ0) is 20.8. The van der Waals surface area contributed by atoms with Crippen molar-refractivity contribution in [1.82, 2.24) is 0 Å². The minimum absolute atomic E-state index is 0. The number of benzene rings is 4. The van der Waals surface area contributed by atoms with E-state index >= 15 is 0 Å². The summed E-state index contributed by atoms with van der Waals surface area (Å²) in [4.78, 5) is 0. The van der Waals surface area contributed by atoms with Gasteiger partial charge in [-0.1, -0.05) is 121 Å². The van der Waals surface area contributed by atoms with Crippen LogP contribution >= 0.6 is 39.0 Å². The van der Waals surface area contributed by atoms with Crippen LogP contribution in [0.3, 0.4) is 0 Å². The summed E-state index contributed by atoms with van der Waals surface area (Å²) in [6.07, 6.45) is 0. The van der Waals surface area contributed by atoms with E-state index in [4.69, 9.17) is 23.2 Å². The van der Waals surface area contributed by atoms with Crippen molar-refractivity contribution in [3.8, 4) is 0 Å². The van der Waals surface area contributed by atoms with E-state index in [0.29, 0.717) is 5.88 Å². The van der Waals surface area contributed by atoms with Crippen LogP contribution in [0.4, 0.5) is 0 Å². The van der Waals surface area contributed by atoms with Gasteiger partial charge in [-0.3, -0.25) is 0 Å². The summed E-state index contributed by atoms with van der Waals surface area (Å²) >= 11 is 14.5. The Balaban J connectivity index is 0.00000272. The fourth-order valence-electron chi connectivity index (χ4n) is 3.62. The van der Waals surface area contributed by atoms with E-state index in [9.17, 15) is 0 Å². The number of rotatable bonds is 7. The van der Waals surface area contributed by atoms with Crippen molar-refractivity contribution < 1.29 is 16.5 Å². The van der Waals surface area contributed by atoms with Crippen molar-refractivity contribution >= 4 is 60.3 Å². The van der Waals surface area contributed by atoms with Crippen molar-refractivity contribution in [2.24, 2.45) is 0 Å². The van der Waals surface area contributed by atoms with Gasteiger partial charge in [0, 0.05) is 16.5 Å². The normalized spacial score (nSPS) is 11.4. The second kappa shape index (κ2) is 11.6. The topological polar surface area (TPSA) is 0 Å². The van der Waals surface area contributed by atoms with Gasteiger partial charge in [-0.2, -0.15) is 0 Å². The summed E-state index contributed by atoms with van der Waals surface area (Å²) in [5.74, 6) is 0.361. The van der Waals surface area contributed by atoms with Crippen LogP contribution in [0.1, 0.15) is 0 Å². The molecule has 0 aliphatic rings. The van der Waals surface area contributed by atoms with Crippen LogP contribution in [0.25, 0.3) is 0 Å². The van der Waals surface area contributed by atoms with E-state index < -0.39 is 20.2 Å². The first-order chi connectivity index (χ1) is 14.7. The Morgan fingerprint density at radius 1 is 0.484 bits per heavy atom. The summed E-state index contributed by atoms with van der Waals surface area (Å²) in [6, 6.07) is 42.4.